The van der Waals surface area contributed by atoms with Gasteiger partial charge in [0.2, 0.25) is 20.0 Å². The maximum atomic E-state index is 13.2. The molecule has 0 aromatic heterocycles. The molecule has 222 valence electrons. The number of carboxylic acid groups (broad SMARTS) is 2. The Kier molecular flexibility index (Phi) is 9.85. The standard InChI is InChI=1S/C28H28N2O8S4/c1-17-7-3-11-21-19(17)9-5-13-25(21)41(35,36)29-23(27(31)32)15-39-40-16-24(28(33)34)30-42(37,38)26-14-6-10-20-18(2)8-4-12-22(20)26/h3-14,23-24,29-30H,15-16H2,1-2H3,(H,31,32)(H,33,34). The Bertz CT molecular complexity index is 1740. The summed E-state index contributed by atoms with van der Waals surface area (Å²) in [7, 11) is -6.63. The number of sulfonamides is 2. The van der Waals surface area contributed by atoms with Gasteiger partial charge in [-0.3, -0.25) is 9.59 Å². The van der Waals surface area contributed by atoms with E-state index in [2.05, 4.69) is 9.44 Å². The van der Waals surface area contributed by atoms with E-state index in [4.69, 9.17) is 0 Å². The molecule has 0 heterocycles. The topological polar surface area (TPSA) is 167 Å². The van der Waals surface area contributed by atoms with Crippen LogP contribution in [0.1, 0.15) is 11.1 Å². The quantitative estimate of drug-likeness (QED) is 0.122. The number of carboxylic acids is 2. The first-order valence-corrected chi connectivity index (χ1v) is 18.0. The van der Waals surface area contributed by atoms with Crippen molar-refractivity contribution in [3.63, 3.8) is 0 Å². The molecular formula is C28H28N2O8S4. The fraction of sp³-hybridized carbons (Fsp3) is 0.214. The Labute approximate surface area is 251 Å². The summed E-state index contributed by atoms with van der Waals surface area (Å²) in [6, 6.07) is 16.9. The van der Waals surface area contributed by atoms with Gasteiger partial charge in [0.25, 0.3) is 0 Å². The van der Waals surface area contributed by atoms with Gasteiger partial charge >= 0.3 is 11.9 Å². The first-order valence-electron chi connectivity index (χ1n) is 12.5. The van der Waals surface area contributed by atoms with Gasteiger partial charge in [-0.2, -0.15) is 9.44 Å². The van der Waals surface area contributed by atoms with Crippen LogP contribution in [-0.4, -0.2) is 62.6 Å². The Morgan fingerprint density at radius 2 is 0.952 bits per heavy atom. The lowest BCUT2D eigenvalue weighted by Gasteiger charge is -2.17. The number of nitrogens with one attached hydrogen (secondary N) is 2. The van der Waals surface area contributed by atoms with Gasteiger partial charge in [-0.15, -0.1) is 0 Å². The molecule has 0 aliphatic rings. The zero-order valence-corrected chi connectivity index (χ0v) is 25.7. The van der Waals surface area contributed by atoms with Crippen molar-refractivity contribution < 1.29 is 36.6 Å². The predicted octanol–water partition coefficient (Wildman–Crippen LogP) is 4.15. The van der Waals surface area contributed by atoms with Gasteiger partial charge in [-0.1, -0.05) is 82.3 Å². The first kappa shape index (κ1) is 31.8. The summed E-state index contributed by atoms with van der Waals surface area (Å²) in [4.78, 5) is 23.7. The van der Waals surface area contributed by atoms with Crippen molar-refractivity contribution in [3.05, 3.63) is 83.9 Å². The van der Waals surface area contributed by atoms with E-state index in [1.54, 1.807) is 48.5 Å². The molecule has 0 aliphatic heterocycles. The third kappa shape index (κ3) is 7.07. The van der Waals surface area contributed by atoms with E-state index >= 15 is 0 Å². The van der Waals surface area contributed by atoms with Gasteiger partial charge in [0.15, 0.2) is 0 Å². The predicted molar refractivity (Wildman–Crippen MR) is 166 cm³/mol. The summed E-state index contributed by atoms with van der Waals surface area (Å²) >= 11 is 0. The SMILES string of the molecule is Cc1cccc2c(S(=O)(=O)NC(CSSCC(NS(=O)(=O)c3cccc4c(C)cccc34)C(=O)O)C(=O)O)cccc12. The van der Waals surface area contributed by atoms with Gasteiger partial charge in [-0.05, 0) is 47.9 Å². The number of aliphatic carboxylic acids is 2. The summed E-state index contributed by atoms with van der Waals surface area (Å²) in [6.45, 7) is 3.68. The van der Waals surface area contributed by atoms with E-state index in [1.807, 2.05) is 26.0 Å². The van der Waals surface area contributed by atoms with E-state index in [9.17, 15) is 36.6 Å². The van der Waals surface area contributed by atoms with Crippen LogP contribution in [0.25, 0.3) is 21.5 Å². The van der Waals surface area contributed by atoms with Crippen molar-refractivity contribution in [3.8, 4) is 0 Å². The number of benzene rings is 4. The summed E-state index contributed by atoms with van der Waals surface area (Å²) in [6.07, 6.45) is 0. The van der Waals surface area contributed by atoms with Crippen molar-refractivity contribution in [2.24, 2.45) is 0 Å². The maximum absolute atomic E-state index is 13.2. The minimum Gasteiger partial charge on any atom is -0.480 e. The average Bonchev–Trinajstić information content (AvgIpc) is 2.93. The Morgan fingerprint density at radius 1 is 0.619 bits per heavy atom. The molecular weight excluding hydrogens is 621 g/mol. The van der Waals surface area contributed by atoms with Crippen LogP contribution in [0.2, 0.25) is 0 Å². The van der Waals surface area contributed by atoms with Gasteiger partial charge in [0, 0.05) is 22.3 Å². The van der Waals surface area contributed by atoms with Crippen LogP contribution in [0.5, 0.6) is 0 Å². The lowest BCUT2D eigenvalue weighted by atomic mass is 10.1. The Morgan fingerprint density at radius 3 is 1.31 bits per heavy atom. The van der Waals surface area contributed by atoms with E-state index in [0.29, 0.717) is 10.8 Å². The van der Waals surface area contributed by atoms with Crippen LogP contribution < -0.4 is 9.44 Å². The van der Waals surface area contributed by atoms with Crippen LogP contribution in [0.15, 0.2) is 82.6 Å². The molecule has 2 atom stereocenters. The molecule has 0 amide bonds. The van der Waals surface area contributed by atoms with Crippen LogP contribution in [0.3, 0.4) is 0 Å². The number of rotatable bonds is 13. The van der Waals surface area contributed by atoms with Crippen molar-refractivity contribution in [2.75, 3.05) is 11.5 Å². The highest BCUT2D eigenvalue weighted by atomic mass is 33.1. The second-order valence-corrected chi connectivity index (χ2v) is 15.4. The smallest absolute Gasteiger partial charge is 0.322 e. The molecule has 0 saturated heterocycles. The van der Waals surface area contributed by atoms with Crippen molar-refractivity contribution in [1.29, 1.82) is 0 Å². The molecule has 0 radical (unpaired) electrons. The fourth-order valence-corrected chi connectivity index (χ4v) is 9.73. The molecule has 14 heteroatoms. The van der Waals surface area contributed by atoms with Crippen LogP contribution in [-0.2, 0) is 29.6 Å². The zero-order valence-electron chi connectivity index (χ0n) is 22.5. The van der Waals surface area contributed by atoms with Crippen molar-refractivity contribution in [1.82, 2.24) is 9.44 Å². The van der Waals surface area contributed by atoms with E-state index < -0.39 is 44.1 Å². The largest absolute Gasteiger partial charge is 0.480 e. The monoisotopic (exact) mass is 648 g/mol. The Balaban J connectivity index is 1.43. The van der Waals surface area contributed by atoms with Gasteiger partial charge < -0.3 is 10.2 Å². The number of hydrogen-bond acceptors (Lipinski definition) is 8. The summed E-state index contributed by atoms with van der Waals surface area (Å²) in [5.74, 6) is -3.32. The third-order valence-corrected chi connectivity index (χ3v) is 12.0. The molecule has 0 saturated carbocycles. The summed E-state index contributed by atoms with van der Waals surface area (Å²) in [5, 5.41) is 21.7. The minimum absolute atomic E-state index is 0.0587. The minimum atomic E-state index is -4.23. The lowest BCUT2D eigenvalue weighted by molar-refractivity contribution is -0.139. The summed E-state index contributed by atoms with van der Waals surface area (Å²) < 4.78 is 57.1. The maximum Gasteiger partial charge on any atom is 0.322 e. The normalized spacial score (nSPS) is 13.7. The van der Waals surface area contributed by atoms with Gasteiger partial charge in [-0.25, -0.2) is 16.8 Å². The lowest BCUT2D eigenvalue weighted by Crippen LogP contribution is -2.43. The van der Waals surface area contributed by atoms with Gasteiger partial charge in [0.05, 0.1) is 9.79 Å². The number of fused-ring (bicyclic) bond motifs is 2. The van der Waals surface area contributed by atoms with E-state index in [1.165, 1.54) is 12.1 Å². The van der Waals surface area contributed by atoms with Crippen LogP contribution >= 0.6 is 21.6 Å². The van der Waals surface area contributed by atoms with Crippen molar-refractivity contribution >= 4 is 75.1 Å². The highest BCUT2D eigenvalue weighted by molar-refractivity contribution is 8.76. The average molecular weight is 649 g/mol. The molecule has 42 heavy (non-hydrogen) atoms. The zero-order chi connectivity index (χ0) is 30.7. The van der Waals surface area contributed by atoms with E-state index in [0.717, 1.165) is 43.5 Å². The number of carbonyl (C=O) groups is 2. The van der Waals surface area contributed by atoms with Crippen LogP contribution in [0.4, 0.5) is 0 Å². The fourth-order valence-electron chi connectivity index (χ4n) is 4.39. The van der Waals surface area contributed by atoms with Crippen LogP contribution in [0, 0.1) is 13.8 Å². The second-order valence-electron chi connectivity index (χ2n) is 9.45. The Hall–Kier alpha value is -3.14. The molecule has 0 spiro atoms. The molecule has 4 N–H and O–H groups in total. The van der Waals surface area contributed by atoms with Gasteiger partial charge in [0.1, 0.15) is 12.1 Å². The molecule has 2 unspecified atom stereocenters. The third-order valence-electron chi connectivity index (χ3n) is 6.52. The first-order chi connectivity index (χ1) is 19.8. The number of hydrogen-bond donors (Lipinski definition) is 4. The number of aryl methyl sites for hydroxylation is 2. The second kappa shape index (κ2) is 13.0. The molecule has 4 aromatic rings. The molecule has 4 rings (SSSR count). The van der Waals surface area contributed by atoms with Crippen molar-refractivity contribution in [2.45, 2.75) is 35.7 Å². The highest BCUT2D eigenvalue weighted by Gasteiger charge is 2.29. The molecule has 0 aliphatic carbocycles. The highest BCUT2D eigenvalue weighted by Crippen LogP contribution is 2.29. The van der Waals surface area contributed by atoms with E-state index in [-0.39, 0.29) is 21.3 Å². The summed E-state index contributed by atoms with van der Waals surface area (Å²) in [5.41, 5.74) is 1.73. The molecule has 0 fully saturated rings. The molecule has 0 bridgehead atoms. The molecule has 4 aromatic carbocycles. The molecule has 10 nitrogen and oxygen atoms in total.